The van der Waals surface area contributed by atoms with E-state index in [0.29, 0.717) is 11.2 Å². The molecule has 0 aromatic heterocycles. The first kappa shape index (κ1) is 15.2. The number of phenolic OH excluding ortho intramolecular Hbond substituents is 1. The van der Waals surface area contributed by atoms with E-state index in [9.17, 15) is 5.11 Å². The molecule has 1 aromatic rings. The average Bonchev–Trinajstić information content (AvgIpc) is 2.50. The average molecular weight is 276 g/mol. The van der Waals surface area contributed by atoms with E-state index in [-0.39, 0.29) is 5.75 Å². The summed E-state index contributed by atoms with van der Waals surface area (Å²) in [5.41, 5.74) is 1.81. The van der Waals surface area contributed by atoms with Gasteiger partial charge in [0.2, 0.25) is 0 Å². The molecule has 0 saturated heterocycles. The fourth-order valence-corrected chi connectivity index (χ4v) is 4.01. The monoisotopic (exact) mass is 276 g/mol. The SMILES string of the molecule is CCC1(CC)CCCCC1Cc1ccc(O)c(OC)c1. The lowest BCUT2D eigenvalue weighted by Crippen LogP contribution is -2.34. The van der Waals surface area contributed by atoms with Gasteiger partial charge in [0.15, 0.2) is 11.5 Å². The Hall–Kier alpha value is -1.18. The number of aromatic hydroxyl groups is 1. The van der Waals surface area contributed by atoms with Gasteiger partial charge in [0.05, 0.1) is 7.11 Å². The first-order valence-electron chi connectivity index (χ1n) is 8.01. The van der Waals surface area contributed by atoms with E-state index >= 15 is 0 Å². The molecule has 0 radical (unpaired) electrons. The van der Waals surface area contributed by atoms with Crippen molar-refractivity contribution in [2.45, 2.75) is 58.8 Å². The van der Waals surface area contributed by atoms with Gasteiger partial charge in [0, 0.05) is 0 Å². The molecule has 2 nitrogen and oxygen atoms in total. The molecule has 2 rings (SSSR count). The van der Waals surface area contributed by atoms with Gasteiger partial charge in [-0.25, -0.2) is 0 Å². The second kappa shape index (κ2) is 6.51. The van der Waals surface area contributed by atoms with Crippen molar-refractivity contribution in [3.05, 3.63) is 23.8 Å². The van der Waals surface area contributed by atoms with Gasteiger partial charge < -0.3 is 9.84 Å². The third-order valence-electron chi connectivity index (χ3n) is 5.48. The van der Waals surface area contributed by atoms with Gasteiger partial charge in [0.1, 0.15) is 0 Å². The zero-order valence-electron chi connectivity index (χ0n) is 13.1. The molecule has 1 saturated carbocycles. The Bertz CT molecular complexity index is 435. The Morgan fingerprint density at radius 2 is 2.00 bits per heavy atom. The lowest BCUT2D eigenvalue weighted by atomic mass is 9.61. The molecule has 0 amide bonds. The molecule has 0 bridgehead atoms. The fraction of sp³-hybridized carbons (Fsp3) is 0.667. The Balaban J connectivity index is 2.18. The van der Waals surface area contributed by atoms with Gasteiger partial charge in [-0.15, -0.1) is 0 Å². The van der Waals surface area contributed by atoms with Crippen LogP contribution in [0.5, 0.6) is 11.5 Å². The minimum Gasteiger partial charge on any atom is -0.504 e. The number of methoxy groups -OCH3 is 1. The van der Waals surface area contributed by atoms with E-state index < -0.39 is 0 Å². The van der Waals surface area contributed by atoms with Crippen molar-refractivity contribution in [2.24, 2.45) is 11.3 Å². The van der Waals surface area contributed by atoms with Crippen LogP contribution in [-0.4, -0.2) is 12.2 Å². The molecule has 1 aliphatic carbocycles. The minimum atomic E-state index is 0.233. The predicted octanol–water partition coefficient (Wildman–Crippen LogP) is 4.94. The highest BCUT2D eigenvalue weighted by atomic mass is 16.5. The molecule has 20 heavy (non-hydrogen) atoms. The van der Waals surface area contributed by atoms with Crippen LogP contribution >= 0.6 is 0 Å². The predicted molar refractivity (Wildman–Crippen MR) is 83.3 cm³/mol. The van der Waals surface area contributed by atoms with Crippen molar-refractivity contribution in [2.75, 3.05) is 7.11 Å². The van der Waals surface area contributed by atoms with E-state index in [2.05, 4.69) is 13.8 Å². The number of benzene rings is 1. The maximum Gasteiger partial charge on any atom is 0.160 e. The molecule has 1 aromatic carbocycles. The summed E-state index contributed by atoms with van der Waals surface area (Å²) < 4.78 is 5.23. The Labute approximate surface area is 123 Å². The van der Waals surface area contributed by atoms with Gasteiger partial charge in [-0.05, 0) is 48.3 Å². The molecule has 1 unspecified atom stereocenters. The largest absolute Gasteiger partial charge is 0.504 e. The van der Waals surface area contributed by atoms with Gasteiger partial charge in [-0.1, -0.05) is 45.6 Å². The molecule has 0 heterocycles. The molecule has 2 heteroatoms. The van der Waals surface area contributed by atoms with Crippen LogP contribution in [0.4, 0.5) is 0 Å². The quantitative estimate of drug-likeness (QED) is 0.825. The second-order valence-electron chi connectivity index (χ2n) is 6.22. The van der Waals surface area contributed by atoms with Gasteiger partial charge >= 0.3 is 0 Å². The highest BCUT2D eigenvalue weighted by molar-refractivity contribution is 5.41. The third kappa shape index (κ3) is 2.94. The zero-order chi connectivity index (χ0) is 14.6. The normalized spacial score (nSPS) is 21.6. The summed E-state index contributed by atoms with van der Waals surface area (Å²) in [7, 11) is 1.61. The van der Waals surface area contributed by atoms with Crippen LogP contribution in [0.15, 0.2) is 18.2 Å². The molecular weight excluding hydrogens is 248 g/mol. The van der Waals surface area contributed by atoms with Gasteiger partial charge in [0.25, 0.3) is 0 Å². The van der Waals surface area contributed by atoms with Gasteiger partial charge in [-0.2, -0.15) is 0 Å². The number of phenols is 1. The van der Waals surface area contributed by atoms with Crippen molar-refractivity contribution in [1.82, 2.24) is 0 Å². The van der Waals surface area contributed by atoms with Gasteiger partial charge in [-0.3, -0.25) is 0 Å². The summed E-state index contributed by atoms with van der Waals surface area (Å²) in [4.78, 5) is 0. The van der Waals surface area contributed by atoms with Crippen LogP contribution in [0.2, 0.25) is 0 Å². The lowest BCUT2D eigenvalue weighted by Gasteiger charge is -2.44. The van der Waals surface area contributed by atoms with E-state index in [4.69, 9.17) is 4.74 Å². The molecule has 0 spiro atoms. The lowest BCUT2D eigenvalue weighted by molar-refractivity contribution is 0.0826. The van der Waals surface area contributed by atoms with Crippen LogP contribution in [0.1, 0.15) is 57.9 Å². The first-order chi connectivity index (χ1) is 9.65. The maximum atomic E-state index is 9.71. The molecular formula is C18H28O2. The second-order valence-corrected chi connectivity index (χ2v) is 6.22. The molecule has 1 atom stereocenters. The number of hydrogen-bond donors (Lipinski definition) is 1. The van der Waals surface area contributed by atoms with E-state index in [1.165, 1.54) is 44.1 Å². The first-order valence-corrected chi connectivity index (χ1v) is 8.01. The molecule has 1 N–H and O–H groups in total. The van der Waals surface area contributed by atoms with Crippen LogP contribution in [0.3, 0.4) is 0 Å². The van der Waals surface area contributed by atoms with Crippen LogP contribution in [0, 0.1) is 11.3 Å². The third-order valence-corrected chi connectivity index (χ3v) is 5.48. The summed E-state index contributed by atoms with van der Waals surface area (Å²) in [6.07, 6.45) is 9.13. The van der Waals surface area contributed by atoms with E-state index in [0.717, 1.165) is 12.3 Å². The molecule has 1 aliphatic rings. The van der Waals surface area contributed by atoms with Crippen molar-refractivity contribution in [3.63, 3.8) is 0 Å². The number of rotatable bonds is 5. The van der Waals surface area contributed by atoms with Crippen LogP contribution in [-0.2, 0) is 6.42 Å². The topological polar surface area (TPSA) is 29.5 Å². The summed E-state index contributed by atoms with van der Waals surface area (Å²) in [5, 5.41) is 9.71. The van der Waals surface area contributed by atoms with Crippen molar-refractivity contribution in [3.8, 4) is 11.5 Å². The Morgan fingerprint density at radius 3 is 2.65 bits per heavy atom. The van der Waals surface area contributed by atoms with Crippen LogP contribution < -0.4 is 4.74 Å². The van der Waals surface area contributed by atoms with E-state index in [1.54, 1.807) is 13.2 Å². The van der Waals surface area contributed by atoms with Crippen molar-refractivity contribution >= 4 is 0 Å². The van der Waals surface area contributed by atoms with Crippen LogP contribution in [0.25, 0.3) is 0 Å². The summed E-state index contributed by atoms with van der Waals surface area (Å²) >= 11 is 0. The number of hydrogen-bond acceptors (Lipinski definition) is 2. The van der Waals surface area contributed by atoms with Crippen molar-refractivity contribution in [1.29, 1.82) is 0 Å². The maximum absolute atomic E-state index is 9.71. The minimum absolute atomic E-state index is 0.233. The molecule has 0 aliphatic heterocycles. The number of ether oxygens (including phenoxy) is 1. The summed E-state index contributed by atoms with van der Waals surface area (Å²) in [6.45, 7) is 4.69. The Morgan fingerprint density at radius 1 is 1.25 bits per heavy atom. The van der Waals surface area contributed by atoms with Crippen molar-refractivity contribution < 1.29 is 9.84 Å². The Kier molecular flexibility index (Phi) is 4.95. The molecule has 112 valence electrons. The summed E-state index contributed by atoms with van der Waals surface area (Å²) in [5.74, 6) is 1.59. The highest BCUT2D eigenvalue weighted by Gasteiger charge is 2.37. The zero-order valence-corrected chi connectivity index (χ0v) is 13.1. The fourth-order valence-electron chi connectivity index (χ4n) is 4.01. The molecule has 1 fully saturated rings. The van der Waals surface area contributed by atoms with E-state index in [1.807, 2.05) is 12.1 Å². The summed E-state index contributed by atoms with van der Waals surface area (Å²) in [6, 6.07) is 5.80. The standard InChI is InChI=1S/C18H28O2/c1-4-18(5-2)11-7-6-8-15(18)12-14-9-10-16(19)17(13-14)20-3/h9-10,13,15,19H,4-8,11-12H2,1-3H3. The highest BCUT2D eigenvalue weighted by Crippen LogP contribution is 2.48. The smallest absolute Gasteiger partial charge is 0.160 e.